The Hall–Kier alpha value is -0.910. The Kier molecular flexibility index (Phi) is 8.57. The molecule has 0 saturated carbocycles. The van der Waals surface area contributed by atoms with E-state index >= 15 is 0 Å². The summed E-state index contributed by atoms with van der Waals surface area (Å²) in [6.07, 6.45) is 5.29. The molecular weight excluding hydrogens is 272 g/mol. The van der Waals surface area contributed by atoms with Crippen LogP contribution in [0.3, 0.4) is 0 Å². The lowest BCUT2D eigenvalue weighted by Crippen LogP contribution is -2.40. The zero-order chi connectivity index (χ0) is 15.7. The molecule has 0 radical (unpaired) electrons. The smallest absolute Gasteiger partial charge is 0.306 e. The van der Waals surface area contributed by atoms with E-state index < -0.39 is 30.4 Å². The molecule has 0 unspecified atom stereocenters. The van der Waals surface area contributed by atoms with Gasteiger partial charge in [-0.1, -0.05) is 44.8 Å². The van der Waals surface area contributed by atoms with Crippen molar-refractivity contribution in [3.63, 3.8) is 0 Å². The fraction of sp³-hybridized carbons (Fsp3) is 0.812. The predicted octanol–water partition coefficient (Wildman–Crippen LogP) is 1.69. The number of unbranched alkanes of at least 4 members (excludes halogenated alkanes) is 4. The molecule has 0 spiro atoms. The van der Waals surface area contributed by atoms with Gasteiger partial charge in [-0.05, 0) is 19.3 Å². The molecular formula is C16H28O5. The van der Waals surface area contributed by atoms with E-state index in [1.807, 2.05) is 0 Å². The molecule has 4 atom stereocenters. The monoisotopic (exact) mass is 300 g/mol. The van der Waals surface area contributed by atoms with Crippen LogP contribution in [0.1, 0.15) is 58.3 Å². The number of esters is 1. The number of aliphatic hydroxyl groups is 3. The number of carbonyl (C=O) groups excluding carboxylic acids is 1. The summed E-state index contributed by atoms with van der Waals surface area (Å²) in [5.74, 6) is -0.436. The highest BCUT2D eigenvalue weighted by atomic mass is 16.6. The van der Waals surface area contributed by atoms with Crippen LogP contribution in [-0.2, 0) is 9.53 Å². The highest BCUT2D eigenvalue weighted by Gasteiger charge is 2.29. The van der Waals surface area contributed by atoms with Crippen LogP contribution in [-0.4, -0.2) is 45.7 Å². The van der Waals surface area contributed by atoms with E-state index in [1.54, 1.807) is 0 Å². The first-order valence-corrected chi connectivity index (χ1v) is 7.96. The fourth-order valence-corrected chi connectivity index (χ4v) is 2.41. The molecule has 0 fully saturated rings. The third-order valence-electron chi connectivity index (χ3n) is 3.78. The van der Waals surface area contributed by atoms with Crippen molar-refractivity contribution in [1.29, 1.82) is 0 Å². The molecule has 5 heteroatoms. The van der Waals surface area contributed by atoms with Gasteiger partial charge in [0.15, 0.2) is 0 Å². The maximum Gasteiger partial charge on any atom is 0.306 e. The van der Waals surface area contributed by atoms with E-state index in [0.717, 1.165) is 25.7 Å². The van der Waals surface area contributed by atoms with E-state index in [4.69, 9.17) is 4.74 Å². The van der Waals surface area contributed by atoms with Crippen molar-refractivity contribution >= 4 is 5.97 Å². The van der Waals surface area contributed by atoms with Crippen molar-refractivity contribution in [2.45, 2.75) is 82.7 Å². The normalized spacial score (nSPS) is 32.5. The molecule has 5 nitrogen and oxygen atoms in total. The second-order valence-corrected chi connectivity index (χ2v) is 5.70. The summed E-state index contributed by atoms with van der Waals surface area (Å²) in [5, 5.41) is 29.5. The highest BCUT2D eigenvalue weighted by molar-refractivity contribution is 5.69. The number of cyclic esters (lactones) is 1. The van der Waals surface area contributed by atoms with Crippen molar-refractivity contribution in [2.24, 2.45) is 0 Å². The Balaban J connectivity index is 2.56. The van der Waals surface area contributed by atoms with Gasteiger partial charge in [0.05, 0.1) is 6.10 Å². The number of rotatable bonds is 6. The van der Waals surface area contributed by atoms with Crippen molar-refractivity contribution in [1.82, 2.24) is 0 Å². The number of ether oxygens (including phenoxy) is 1. The molecule has 0 bridgehead atoms. The minimum Gasteiger partial charge on any atom is -0.459 e. The summed E-state index contributed by atoms with van der Waals surface area (Å²) >= 11 is 0. The Morgan fingerprint density at radius 3 is 2.57 bits per heavy atom. The topological polar surface area (TPSA) is 87.0 Å². The highest BCUT2D eigenvalue weighted by Crippen LogP contribution is 2.18. The van der Waals surface area contributed by atoms with E-state index in [9.17, 15) is 20.1 Å². The quantitative estimate of drug-likeness (QED) is 0.395. The Morgan fingerprint density at radius 1 is 1.14 bits per heavy atom. The zero-order valence-electron chi connectivity index (χ0n) is 12.8. The van der Waals surface area contributed by atoms with E-state index in [1.165, 1.54) is 18.6 Å². The van der Waals surface area contributed by atoms with Crippen LogP contribution in [0.4, 0.5) is 0 Å². The van der Waals surface area contributed by atoms with E-state index in [2.05, 4.69) is 6.92 Å². The van der Waals surface area contributed by atoms with E-state index in [0.29, 0.717) is 6.42 Å². The van der Waals surface area contributed by atoms with Gasteiger partial charge < -0.3 is 20.1 Å². The number of hydrogen-bond donors (Lipinski definition) is 3. The van der Waals surface area contributed by atoms with Gasteiger partial charge in [-0.3, -0.25) is 4.79 Å². The van der Waals surface area contributed by atoms with Gasteiger partial charge in [0.1, 0.15) is 18.3 Å². The largest absolute Gasteiger partial charge is 0.459 e. The number of aliphatic hydroxyl groups excluding tert-OH is 3. The molecule has 0 saturated heterocycles. The van der Waals surface area contributed by atoms with Gasteiger partial charge in [-0.2, -0.15) is 0 Å². The van der Waals surface area contributed by atoms with Crippen LogP contribution in [0, 0.1) is 0 Å². The third-order valence-corrected chi connectivity index (χ3v) is 3.78. The molecule has 0 amide bonds. The van der Waals surface area contributed by atoms with Crippen molar-refractivity contribution in [3.8, 4) is 0 Å². The molecule has 0 aliphatic carbocycles. The fourth-order valence-electron chi connectivity index (χ4n) is 2.41. The lowest BCUT2D eigenvalue weighted by Gasteiger charge is -2.26. The maximum absolute atomic E-state index is 11.7. The standard InChI is InChI=1S/C16H28O5/c1-2-3-4-5-6-7-14-16(20)13(18)10-8-12(17)9-11-15(19)21-14/h8,10,12-14,16-18,20H,2-7,9,11H2,1H3/b10-8-/t12-,13+,14+,16+/m1/s1. The first kappa shape index (κ1) is 18.1. The summed E-state index contributed by atoms with van der Waals surface area (Å²) in [6, 6.07) is 0. The zero-order valence-corrected chi connectivity index (χ0v) is 12.8. The summed E-state index contributed by atoms with van der Waals surface area (Å²) in [6.45, 7) is 2.14. The Bertz CT molecular complexity index is 329. The maximum atomic E-state index is 11.7. The summed E-state index contributed by atoms with van der Waals surface area (Å²) in [4.78, 5) is 11.7. The van der Waals surface area contributed by atoms with E-state index in [-0.39, 0.29) is 12.8 Å². The average Bonchev–Trinajstić information content (AvgIpc) is 2.47. The van der Waals surface area contributed by atoms with Gasteiger partial charge in [-0.25, -0.2) is 0 Å². The lowest BCUT2D eigenvalue weighted by atomic mass is 9.99. The first-order valence-electron chi connectivity index (χ1n) is 7.96. The van der Waals surface area contributed by atoms with Crippen LogP contribution < -0.4 is 0 Å². The SMILES string of the molecule is CCCCCCC[C@@H]1OC(=O)CC[C@H](O)/C=C\[C@H](O)[C@@H]1O. The number of hydrogen-bond acceptors (Lipinski definition) is 5. The molecule has 3 N–H and O–H groups in total. The molecule has 0 aromatic carbocycles. The molecule has 0 aromatic heterocycles. The van der Waals surface area contributed by atoms with Gasteiger partial charge >= 0.3 is 5.97 Å². The second kappa shape index (κ2) is 9.92. The van der Waals surface area contributed by atoms with Gasteiger partial charge in [0, 0.05) is 6.42 Å². The number of carbonyl (C=O) groups is 1. The summed E-state index contributed by atoms with van der Waals surface area (Å²) in [5.41, 5.74) is 0. The Labute approximate surface area is 126 Å². The van der Waals surface area contributed by atoms with Crippen LogP contribution in [0.15, 0.2) is 12.2 Å². The molecule has 122 valence electrons. The molecule has 1 aliphatic rings. The lowest BCUT2D eigenvalue weighted by molar-refractivity contribution is -0.160. The average molecular weight is 300 g/mol. The predicted molar refractivity (Wildman–Crippen MR) is 79.7 cm³/mol. The third kappa shape index (κ3) is 7.07. The van der Waals surface area contributed by atoms with Crippen LogP contribution in [0.5, 0.6) is 0 Å². The minimum absolute atomic E-state index is 0.112. The molecule has 1 rings (SSSR count). The second-order valence-electron chi connectivity index (χ2n) is 5.70. The molecule has 1 heterocycles. The minimum atomic E-state index is -1.15. The van der Waals surface area contributed by atoms with Gasteiger partial charge in [0.25, 0.3) is 0 Å². The summed E-state index contributed by atoms with van der Waals surface area (Å²) < 4.78 is 5.27. The summed E-state index contributed by atoms with van der Waals surface area (Å²) in [7, 11) is 0. The van der Waals surface area contributed by atoms with Crippen molar-refractivity contribution in [3.05, 3.63) is 12.2 Å². The molecule has 21 heavy (non-hydrogen) atoms. The van der Waals surface area contributed by atoms with Crippen LogP contribution in [0.2, 0.25) is 0 Å². The molecule has 1 aliphatic heterocycles. The van der Waals surface area contributed by atoms with Crippen molar-refractivity contribution < 1.29 is 24.9 Å². The van der Waals surface area contributed by atoms with Gasteiger partial charge in [-0.15, -0.1) is 0 Å². The Morgan fingerprint density at radius 2 is 1.86 bits per heavy atom. The molecule has 0 aromatic rings. The van der Waals surface area contributed by atoms with Crippen LogP contribution >= 0.6 is 0 Å². The van der Waals surface area contributed by atoms with Crippen molar-refractivity contribution in [2.75, 3.05) is 0 Å². The van der Waals surface area contributed by atoms with Crippen LogP contribution in [0.25, 0.3) is 0 Å². The first-order chi connectivity index (χ1) is 10.0. The van der Waals surface area contributed by atoms with Gasteiger partial charge in [0.2, 0.25) is 0 Å².